The van der Waals surface area contributed by atoms with E-state index in [9.17, 15) is 23.9 Å². The number of carbonyl (C=O) groups is 1. The molecule has 0 bridgehead atoms. The predicted octanol–water partition coefficient (Wildman–Crippen LogP) is 1.07. The maximum absolute atomic E-state index is 14.3. The molecule has 2 atom stereocenters. The summed E-state index contributed by atoms with van der Waals surface area (Å²) in [6.07, 6.45) is 2.32. The first-order valence-electron chi connectivity index (χ1n) is 11.8. The molecule has 1 amide bonds. The molecule has 1 aliphatic heterocycles. The second kappa shape index (κ2) is 10.5. The van der Waals surface area contributed by atoms with Gasteiger partial charge in [-0.25, -0.2) is 13.8 Å². The van der Waals surface area contributed by atoms with E-state index in [-0.39, 0.29) is 31.6 Å². The lowest BCUT2D eigenvalue weighted by Gasteiger charge is -2.23. The maximum Gasteiger partial charge on any atom is 0.332 e. The Morgan fingerprint density at radius 1 is 1.26 bits per heavy atom. The number of aliphatic hydroxyl groups is 1. The number of halogens is 1. The molecule has 2 N–H and O–H groups in total. The molecule has 5 rings (SSSR count). The topological polar surface area (TPSA) is 142 Å². The average Bonchev–Trinajstić information content (AvgIpc) is 3.65. The van der Waals surface area contributed by atoms with Crippen molar-refractivity contribution in [2.45, 2.75) is 32.0 Å². The zero-order valence-electron chi connectivity index (χ0n) is 20.6. The summed E-state index contributed by atoms with van der Waals surface area (Å²) in [7, 11) is 1.43. The number of fused-ring (bicyclic) bond motifs is 1. The fourth-order valence-electron chi connectivity index (χ4n) is 4.69. The zero-order valence-corrected chi connectivity index (χ0v) is 21.4. The highest BCUT2D eigenvalue weighted by Gasteiger charge is 2.32. The van der Waals surface area contributed by atoms with Crippen LogP contribution < -0.4 is 21.3 Å². The van der Waals surface area contributed by atoms with Crippen LogP contribution in [0.2, 0.25) is 0 Å². The number of aryl methyl sites for hydroxylation is 1. The molecule has 14 heteroatoms. The van der Waals surface area contributed by atoms with Crippen molar-refractivity contribution in [2.75, 3.05) is 26.9 Å². The van der Waals surface area contributed by atoms with Gasteiger partial charge in [-0.1, -0.05) is 11.3 Å². The van der Waals surface area contributed by atoms with Gasteiger partial charge in [0.1, 0.15) is 33.5 Å². The molecule has 1 fully saturated rings. The number of benzene rings is 1. The van der Waals surface area contributed by atoms with Crippen molar-refractivity contribution in [1.29, 1.82) is 0 Å². The second-order valence-electron chi connectivity index (χ2n) is 8.66. The molecule has 3 aromatic heterocycles. The van der Waals surface area contributed by atoms with Crippen LogP contribution in [0, 0.1) is 12.7 Å². The highest BCUT2D eigenvalue weighted by atomic mass is 32.1. The first-order valence-corrected chi connectivity index (χ1v) is 12.7. The fourth-order valence-corrected chi connectivity index (χ4v) is 5.91. The SMILES string of the molecule is COc1ccc(F)cc1C(Cn1c(=O)n([C@@H]2CCNC2=O)c(=O)c2c(C)c(-n3nccn3)sc21)OCCO. The van der Waals surface area contributed by atoms with Gasteiger partial charge in [-0.15, -0.1) is 4.80 Å². The van der Waals surface area contributed by atoms with Crippen LogP contribution in [0.3, 0.4) is 0 Å². The highest BCUT2D eigenvalue weighted by Crippen LogP contribution is 2.34. The van der Waals surface area contributed by atoms with Crippen LogP contribution in [0.1, 0.15) is 29.7 Å². The molecule has 38 heavy (non-hydrogen) atoms. The van der Waals surface area contributed by atoms with Gasteiger partial charge < -0.3 is 19.9 Å². The summed E-state index contributed by atoms with van der Waals surface area (Å²) >= 11 is 1.14. The van der Waals surface area contributed by atoms with E-state index in [2.05, 4.69) is 15.5 Å². The Morgan fingerprint density at radius 2 is 2.03 bits per heavy atom. The van der Waals surface area contributed by atoms with Crippen LogP contribution in [0.4, 0.5) is 4.39 Å². The molecular formula is C24H25FN6O6S. The van der Waals surface area contributed by atoms with Crippen molar-refractivity contribution in [3.63, 3.8) is 0 Å². The number of aliphatic hydroxyl groups excluding tert-OH is 1. The van der Waals surface area contributed by atoms with E-state index in [1.807, 2.05) is 0 Å². The summed E-state index contributed by atoms with van der Waals surface area (Å²) < 4.78 is 27.9. The molecule has 4 aromatic rings. The Morgan fingerprint density at radius 3 is 2.68 bits per heavy atom. The summed E-state index contributed by atoms with van der Waals surface area (Å²) in [6, 6.07) is 2.94. The molecular weight excluding hydrogens is 519 g/mol. The number of aromatic nitrogens is 5. The molecule has 200 valence electrons. The molecule has 1 saturated heterocycles. The molecule has 0 spiro atoms. The van der Waals surface area contributed by atoms with Crippen LogP contribution in [-0.4, -0.2) is 62.0 Å². The van der Waals surface area contributed by atoms with Gasteiger partial charge in [-0.05, 0) is 31.5 Å². The lowest BCUT2D eigenvalue weighted by atomic mass is 10.1. The lowest BCUT2D eigenvalue weighted by Crippen LogP contribution is -2.44. The van der Waals surface area contributed by atoms with Gasteiger partial charge >= 0.3 is 5.69 Å². The third-order valence-electron chi connectivity index (χ3n) is 6.45. The number of rotatable bonds is 9. The van der Waals surface area contributed by atoms with Gasteiger partial charge in [0.2, 0.25) is 5.91 Å². The minimum atomic E-state index is -0.975. The van der Waals surface area contributed by atoms with Crippen molar-refractivity contribution in [2.24, 2.45) is 0 Å². The van der Waals surface area contributed by atoms with Crippen LogP contribution in [0.5, 0.6) is 5.75 Å². The van der Waals surface area contributed by atoms with Crippen molar-refractivity contribution >= 4 is 27.5 Å². The number of amides is 1. The smallest absolute Gasteiger partial charge is 0.332 e. The van der Waals surface area contributed by atoms with E-state index in [4.69, 9.17) is 9.47 Å². The third kappa shape index (κ3) is 4.40. The van der Waals surface area contributed by atoms with E-state index in [1.54, 1.807) is 6.92 Å². The van der Waals surface area contributed by atoms with Gasteiger partial charge in [-0.2, -0.15) is 10.2 Å². The third-order valence-corrected chi connectivity index (χ3v) is 7.73. The molecule has 0 aliphatic carbocycles. The van der Waals surface area contributed by atoms with Crippen molar-refractivity contribution in [3.8, 4) is 10.8 Å². The normalized spacial score (nSPS) is 16.2. The number of methoxy groups -OCH3 is 1. The van der Waals surface area contributed by atoms with Crippen molar-refractivity contribution in [3.05, 3.63) is 68.4 Å². The summed E-state index contributed by atoms with van der Waals surface area (Å²) in [4.78, 5) is 41.9. The van der Waals surface area contributed by atoms with Crippen LogP contribution in [0.25, 0.3) is 15.2 Å². The number of carbonyl (C=O) groups excluding carboxylic acids is 1. The predicted molar refractivity (Wildman–Crippen MR) is 135 cm³/mol. The Hall–Kier alpha value is -3.88. The van der Waals surface area contributed by atoms with Gasteiger partial charge in [0.05, 0.1) is 44.6 Å². The highest BCUT2D eigenvalue weighted by molar-refractivity contribution is 7.21. The monoisotopic (exact) mass is 544 g/mol. The first kappa shape index (κ1) is 25.8. The van der Waals surface area contributed by atoms with Crippen LogP contribution in [-0.2, 0) is 16.1 Å². The number of hydrogen-bond acceptors (Lipinski definition) is 9. The summed E-state index contributed by atoms with van der Waals surface area (Å²) in [5.41, 5.74) is -0.437. The molecule has 1 aliphatic rings. The van der Waals surface area contributed by atoms with Gasteiger partial charge in [0.25, 0.3) is 5.56 Å². The van der Waals surface area contributed by atoms with Gasteiger partial charge in [0.15, 0.2) is 0 Å². The number of ether oxygens (including phenoxy) is 2. The largest absolute Gasteiger partial charge is 0.496 e. The number of thiophene rings is 1. The zero-order chi connectivity index (χ0) is 27.0. The number of nitrogens with zero attached hydrogens (tertiary/aromatic N) is 5. The van der Waals surface area contributed by atoms with E-state index in [0.29, 0.717) is 33.3 Å². The fraction of sp³-hybridized carbons (Fsp3) is 0.375. The first-order chi connectivity index (χ1) is 18.3. The van der Waals surface area contributed by atoms with Crippen molar-refractivity contribution in [1.82, 2.24) is 29.4 Å². The summed E-state index contributed by atoms with van der Waals surface area (Å²) in [6.45, 7) is 1.49. The Bertz CT molecular complexity index is 1610. The average molecular weight is 545 g/mol. The Balaban J connectivity index is 1.76. The van der Waals surface area contributed by atoms with Crippen molar-refractivity contribution < 1.29 is 23.8 Å². The molecule has 0 radical (unpaired) electrons. The molecule has 1 aromatic carbocycles. The van der Waals surface area contributed by atoms with E-state index >= 15 is 0 Å². The lowest BCUT2D eigenvalue weighted by molar-refractivity contribution is -0.122. The number of hydrogen-bond donors (Lipinski definition) is 2. The van der Waals surface area contributed by atoms with Gasteiger partial charge in [0, 0.05) is 17.7 Å². The Labute approximate surface area is 218 Å². The van der Waals surface area contributed by atoms with E-state index in [1.165, 1.54) is 47.1 Å². The maximum atomic E-state index is 14.3. The Kier molecular flexibility index (Phi) is 7.10. The van der Waals surface area contributed by atoms with Gasteiger partial charge in [-0.3, -0.25) is 14.2 Å². The molecule has 0 saturated carbocycles. The number of nitrogens with one attached hydrogen (secondary N) is 1. The second-order valence-corrected chi connectivity index (χ2v) is 9.64. The molecule has 4 heterocycles. The van der Waals surface area contributed by atoms with E-state index in [0.717, 1.165) is 15.9 Å². The van der Waals surface area contributed by atoms with Crippen LogP contribution >= 0.6 is 11.3 Å². The minimum Gasteiger partial charge on any atom is -0.496 e. The summed E-state index contributed by atoms with van der Waals surface area (Å²) in [5, 5.41) is 21.2. The molecule has 1 unspecified atom stereocenters. The summed E-state index contributed by atoms with van der Waals surface area (Å²) in [5.74, 6) is -0.634. The quantitative estimate of drug-likeness (QED) is 0.319. The molecule has 12 nitrogen and oxygen atoms in total. The minimum absolute atomic E-state index is 0.0984. The standard InChI is InChI=1S/C24H25FN6O6S/c1-13-19-21(34)30(16-5-6-26-20(16)33)24(35)29(23(19)38-22(13)31-27-7-8-28-31)12-18(37-10-9-32)15-11-14(25)3-4-17(15)36-2/h3-4,7-8,11,16,18,32H,5-6,9-10,12H2,1-2H3,(H,26,33)/t16-,18?/m1/s1. The van der Waals surface area contributed by atoms with Crippen LogP contribution in [0.15, 0.2) is 40.2 Å². The van der Waals surface area contributed by atoms with E-state index < -0.39 is 35.1 Å².